The van der Waals surface area contributed by atoms with Gasteiger partial charge < -0.3 is 0 Å². The largest absolute Gasteiger partial charge is 0.0956 e. The lowest BCUT2D eigenvalue weighted by atomic mass is 10.00. The smallest absolute Gasteiger partial charge is 0.0225 e. The van der Waals surface area contributed by atoms with Crippen LogP contribution < -0.4 is 0 Å². The molecule has 0 spiro atoms. The van der Waals surface area contributed by atoms with Gasteiger partial charge in [0.2, 0.25) is 0 Å². The van der Waals surface area contributed by atoms with E-state index in [0.717, 1.165) is 0 Å². The summed E-state index contributed by atoms with van der Waals surface area (Å²) in [4.78, 5) is 0. The van der Waals surface area contributed by atoms with E-state index in [4.69, 9.17) is 0 Å². The van der Waals surface area contributed by atoms with Crippen LogP contribution in [0.3, 0.4) is 0 Å². The van der Waals surface area contributed by atoms with Crippen LogP contribution >= 0.6 is 0 Å². The molecule has 82 valence electrons. The SMILES string of the molecule is C=C(/C=C(C)\C(C)=C\C)C(C)C.CC. The Kier molecular flexibility index (Phi) is 9.86. The second-order valence-corrected chi connectivity index (χ2v) is 3.53. The van der Waals surface area contributed by atoms with Gasteiger partial charge in [-0.3, -0.25) is 0 Å². The molecule has 0 heteroatoms. The second-order valence-electron chi connectivity index (χ2n) is 3.53. The van der Waals surface area contributed by atoms with E-state index < -0.39 is 0 Å². The van der Waals surface area contributed by atoms with Crippen LogP contribution in [0.5, 0.6) is 0 Å². The Hall–Kier alpha value is -0.780. The molecule has 0 heterocycles. The van der Waals surface area contributed by atoms with Gasteiger partial charge in [-0.2, -0.15) is 0 Å². The zero-order valence-electron chi connectivity index (χ0n) is 10.9. The minimum absolute atomic E-state index is 0.546. The van der Waals surface area contributed by atoms with Gasteiger partial charge in [0.15, 0.2) is 0 Å². The molecule has 0 aromatic heterocycles. The van der Waals surface area contributed by atoms with Crippen LogP contribution in [0.25, 0.3) is 0 Å². The van der Waals surface area contributed by atoms with Crippen molar-refractivity contribution in [2.24, 2.45) is 5.92 Å². The minimum atomic E-state index is 0.546. The van der Waals surface area contributed by atoms with Gasteiger partial charge in [0, 0.05) is 0 Å². The third-order valence-electron chi connectivity index (χ3n) is 2.20. The third kappa shape index (κ3) is 6.71. The van der Waals surface area contributed by atoms with Crippen molar-refractivity contribution in [3.05, 3.63) is 35.5 Å². The Labute approximate surface area is 90.4 Å². The lowest BCUT2D eigenvalue weighted by molar-refractivity contribution is 0.793. The molecule has 0 atom stereocenters. The summed E-state index contributed by atoms with van der Waals surface area (Å²) in [7, 11) is 0. The zero-order chi connectivity index (χ0) is 11.7. The average molecular weight is 194 g/mol. The van der Waals surface area contributed by atoms with Crippen molar-refractivity contribution in [2.75, 3.05) is 0 Å². The maximum Gasteiger partial charge on any atom is -0.0225 e. The molecule has 0 N–H and O–H groups in total. The third-order valence-corrected chi connectivity index (χ3v) is 2.20. The van der Waals surface area contributed by atoms with Crippen molar-refractivity contribution in [1.29, 1.82) is 0 Å². The van der Waals surface area contributed by atoms with Gasteiger partial charge in [0.1, 0.15) is 0 Å². The summed E-state index contributed by atoms with van der Waals surface area (Å²) in [6.07, 6.45) is 4.29. The Balaban J connectivity index is 0. The van der Waals surface area contributed by atoms with E-state index in [0.29, 0.717) is 5.92 Å². The first-order valence-corrected chi connectivity index (χ1v) is 5.49. The van der Waals surface area contributed by atoms with Crippen molar-refractivity contribution in [3.63, 3.8) is 0 Å². The highest BCUT2D eigenvalue weighted by atomic mass is 14.0. The van der Waals surface area contributed by atoms with Crippen LogP contribution in [0.4, 0.5) is 0 Å². The van der Waals surface area contributed by atoms with Crippen LogP contribution in [0.2, 0.25) is 0 Å². The first-order valence-electron chi connectivity index (χ1n) is 5.49. The fraction of sp³-hybridized carbons (Fsp3) is 0.571. The van der Waals surface area contributed by atoms with E-state index in [9.17, 15) is 0 Å². The summed E-state index contributed by atoms with van der Waals surface area (Å²) in [5, 5.41) is 0. The topological polar surface area (TPSA) is 0 Å². The maximum absolute atomic E-state index is 4.01. The van der Waals surface area contributed by atoms with E-state index in [1.54, 1.807) is 0 Å². The number of rotatable bonds is 3. The van der Waals surface area contributed by atoms with E-state index in [1.807, 2.05) is 13.8 Å². The zero-order valence-corrected chi connectivity index (χ0v) is 10.9. The number of hydrogen-bond donors (Lipinski definition) is 0. The highest BCUT2D eigenvalue weighted by Crippen LogP contribution is 2.15. The molecule has 0 aliphatic heterocycles. The fourth-order valence-electron chi connectivity index (χ4n) is 0.786. The lowest BCUT2D eigenvalue weighted by Crippen LogP contribution is -1.90. The molecule has 0 rings (SSSR count). The Bertz CT molecular complexity index is 214. The highest BCUT2D eigenvalue weighted by Gasteiger charge is 1.97. The molecule has 0 amide bonds. The summed E-state index contributed by atoms with van der Waals surface area (Å²) in [6, 6.07) is 0. The van der Waals surface area contributed by atoms with Gasteiger partial charge in [-0.25, -0.2) is 0 Å². The average Bonchev–Trinajstić information content (AvgIpc) is 2.19. The molecule has 0 aromatic rings. The van der Waals surface area contributed by atoms with Crippen LogP contribution in [-0.4, -0.2) is 0 Å². The standard InChI is InChI=1S/C12H20.C2H6/c1-7-10(4)12(6)8-11(5)9(2)3;1-2/h7-9H,5H2,1-4,6H3;1-2H3/b10-7+,12-8-;. The first kappa shape index (κ1) is 15.7. The van der Waals surface area contributed by atoms with Gasteiger partial charge in [-0.1, -0.05) is 57.6 Å². The molecule has 0 radical (unpaired) electrons. The molecule has 0 aliphatic rings. The van der Waals surface area contributed by atoms with Crippen molar-refractivity contribution < 1.29 is 0 Å². The van der Waals surface area contributed by atoms with Crippen LogP contribution in [0.1, 0.15) is 48.5 Å². The van der Waals surface area contributed by atoms with Crippen molar-refractivity contribution in [1.82, 2.24) is 0 Å². The monoisotopic (exact) mass is 194 g/mol. The summed E-state index contributed by atoms with van der Waals surface area (Å²) < 4.78 is 0. The van der Waals surface area contributed by atoms with Gasteiger partial charge in [0.05, 0.1) is 0 Å². The molecule has 0 aromatic carbocycles. The van der Waals surface area contributed by atoms with Crippen LogP contribution in [0, 0.1) is 5.92 Å². The summed E-state index contributed by atoms with van der Waals surface area (Å²) in [5.74, 6) is 0.546. The number of hydrogen-bond acceptors (Lipinski definition) is 0. The molecule has 0 bridgehead atoms. The molecule has 0 saturated heterocycles. The molecule has 0 fully saturated rings. The van der Waals surface area contributed by atoms with Gasteiger partial charge in [0.25, 0.3) is 0 Å². The highest BCUT2D eigenvalue weighted by molar-refractivity contribution is 5.33. The molecule has 0 aliphatic carbocycles. The van der Waals surface area contributed by atoms with Crippen molar-refractivity contribution in [2.45, 2.75) is 48.5 Å². The molecule has 14 heavy (non-hydrogen) atoms. The summed E-state index contributed by atoms with van der Waals surface area (Å²) in [6.45, 7) is 18.6. The Morgan fingerprint density at radius 1 is 1.07 bits per heavy atom. The maximum atomic E-state index is 4.01. The normalized spacial score (nSPS) is 12.3. The first-order chi connectivity index (χ1) is 6.49. The van der Waals surface area contributed by atoms with Gasteiger partial charge in [-0.05, 0) is 32.3 Å². The van der Waals surface area contributed by atoms with Crippen molar-refractivity contribution in [3.8, 4) is 0 Å². The van der Waals surface area contributed by atoms with Gasteiger partial charge >= 0.3 is 0 Å². The Morgan fingerprint density at radius 3 is 1.79 bits per heavy atom. The second kappa shape index (κ2) is 8.80. The predicted octanol–water partition coefficient (Wildman–Crippen LogP) is 5.14. The fourth-order valence-corrected chi connectivity index (χ4v) is 0.786. The van der Waals surface area contributed by atoms with E-state index >= 15 is 0 Å². The summed E-state index contributed by atoms with van der Waals surface area (Å²) in [5.41, 5.74) is 3.85. The van der Waals surface area contributed by atoms with Gasteiger partial charge in [-0.15, -0.1) is 0 Å². The minimum Gasteiger partial charge on any atom is -0.0956 e. The van der Waals surface area contributed by atoms with Crippen LogP contribution in [0.15, 0.2) is 35.5 Å². The van der Waals surface area contributed by atoms with E-state index in [1.165, 1.54) is 16.7 Å². The molecule has 0 unspecified atom stereocenters. The van der Waals surface area contributed by atoms with E-state index in [-0.39, 0.29) is 0 Å². The molecule has 0 nitrogen and oxygen atoms in total. The van der Waals surface area contributed by atoms with E-state index in [2.05, 4.69) is 53.3 Å². The Morgan fingerprint density at radius 2 is 1.50 bits per heavy atom. The van der Waals surface area contributed by atoms with Crippen LogP contribution in [-0.2, 0) is 0 Å². The molecule has 0 saturated carbocycles. The number of allylic oxidation sites excluding steroid dienone is 5. The molecular weight excluding hydrogens is 168 g/mol. The predicted molar refractivity (Wildman–Crippen MR) is 68.5 cm³/mol. The summed E-state index contributed by atoms with van der Waals surface area (Å²) >= 11 is 0. The lowest BCUT2D eigenvalue weighted by Gasteiger charge is -2.06. The van der Waals surface area contributed by atoms with Crippen molar-refractivity contribution >= 4 is 0 Å². The quantitative estimate of drug-likeness (QED) is 0.546. The molecular formula is C14H26.